The van der Waals surface area contributed by atoms with Crippen molar-refractivity contribution < 1.29 is 13.2 Å². The van der Waals surface area contributed by atoms with Gasteiger partial charge < -0.3 is 9.88 Å². The van der Waals surface area contributed by atoms with Gasteiger partial charge in [-0.15, -0.1) is 0 Å². The number of benzene rings is 1. The van der Waals surface area contributed by atoms with E-state index in [1.54, 1.807) is 12.1 Å². The number of nitrogens with one attached hydrogen (secondary N) is 1. The number of amides is 1. The molecule has 1 unspecified atom stereocenters. The molecule has 0 spiro atoms. The molecular weight excluding hydrogens is 352 g/mol. The summed E-state index contributed by atoms with van der Waals surface area (Å²) in [6, 6.07) is 10.5. The number of rotatable bonds is 5. The fraction of sp³-hybridized carbons (Fsp3) is 0.389. The lowest BCUT2D eigenvalue weighted by Crippen LogP contribution is -2.41. The average molecular weight is 376 g/mol. The molecule has 0 saturated heterocycles. The van der Waals surface area contributed by atoms with E-state index in [-0.39, 0.29) is 16.8 Å². The van der Waals surface area contributed by atoms with Crippen LogP contribution in [0.2, 0.25) is 0 Å². The van der Waals surface area contributed by atoms with E-state index >= 15 is 0 Å². The van der Waals surface area contributed by atoms with E-state index in [2.05, 4.69) is 34.0 Å². The Morgan fingerprint density at radius 2 is 1.88 bits per heavy atom. The molecular formula is C18H24N4O3S. The van der Waals surface area contributed by atoms with Gasteiger partial charge in [-0.1, -0.05) is 0 Å². The second-order valence-electron chi connectivity index (χ2n) is 6.63. The van der Waals surface area contributed by atoms with E-state index in [0.717, 1.165) is 17.4 Å². The summed E-state index contributed by atoms with van der Waals surface area (Å²) in [5.41, 5.74) is 1.79. The topological polar surface area (TPSA) is 74.6 Å². The number of carbonyl (C=O) groups is 1. The average Bonchev–Trinajstić information content (AvgIpc) is 3.07. The van der Waals surface area contributed by atoms with Crippen LogP contribution in [0, 0.1) is 0 Å². The molecule has 1 atom stereocenters. The van der Waals surface area contributed by atoms with Crippen LogP contribution in [0.25, 0.3) is 0 Å². The molecule has 0 fully saturated rings. The maximum absolute atomic E-state index is 12.4. The summed E-state index contributed by atoms with van der Waals surface area (Å²) < 4.78 is 27.5. The lowest BCUT2D eigenvalue weighted by atomic mass is 10.1. The van der Waals surface area contributed by atoms with Crippen molar-refractivity contribution in [3.8, 4) is 0 Å². The zero-order valence-corrected chi connectivity index (χ0v) is 16.0. The number of nitrogens with zero attached hydrogens (tertiary/aromatic N) is 3. The Kier molecular flexibility index (Phi) is 5.17. The number of aromatic nitrogens is 1. The number of sulfonamides is 1. The van der Waals surface area contributed by atoms with Crippen LogP contribution in [-0.4, -0.2) is 55.3 Å². The Morgan fingerprint density at radius 1 is 1.19 bits per heavy atom. The van der Waals surface area contributed by atoms with E-state index in [0.29, 0.717) is 12.2 Å². The van der Waals surface area contributed by atoms with Crippen molar-refractivity contribution in [2.24, 2.45) is 0 Å². The normalized spacial score (nSPS) is 17.9. The van der Waals surface area contributed by atoms with Crippen molar-refractivity contribution in [1.29, 1.82) is 0 Å². The van der Waals surface area contributed by atoms with Crippen LogP contribution in [0.1, 0.15) is 18.7 Å². The SMILES string of the molecule is CC1c2cccn2CCN1CC(=O)Nc1ccc(S(=O)(=O)N(C)C)cc1. The predicted molar refractivity (Wildman–Crippen MR) is 100 cm³/mol. The Bertz CT molecular complexity index is 887. The summed E-state index contributed by atoms with van der Waals surface area (Å²) in [6.45, 7) is 4.08. The first-order valence-electron chi connectivity index (χ1n) is 8.50. The zero-order valence-electron chi connectivity index (χ0n) is 15.2. The molecule has 1 aromatic carbocycles. The second-order valence-corrected chi connectivity index (χ2v) is 8.78. The van der Waals surface area contributed by atoms with Crippen LogP contribution >= 0.6 is 0 Å². The van der Waals surface area contributed by atoms with Crippen LogP contribution in [0.15, 0.2) is 47.5 Å². The first-order chi connectivity index (χ1) is 12.3. The molecule has 8 heteroatoms. The van der Waals surface area contributed by atoms with Gasteiger partial charge in [0, 0.05) is 50.8 Å². The van der Waals surface area contributed by atoms with Gasteiger partial charge in [0.15, 0.2) is 0 Å². The first-order valence-corrected chi connectivity index (χ1v) is 9.94. The van der Waals surface area contributed by atoms with E-state index in [9.17, 15) is 13.2 Å². The summed E-state index contributed by atoms with van der Waals surface area (Å²) >= 11 is 0. The molecule has 1 N–H and O–H groups in total. The van der Waals surface area contributed by atoms with Gasteiger partial charge >= 0.3 is 0 Å². The smallest absolute Gasteiger partial charge is 0.242 e. The summed E-state index contributed by atoms with van der Waals surface area (Å²) in [6.07, 6.45) is 2.06. The minimum absolute atomic E-state index is 0.111. The number of anilines is 1. The quantitative estimate of drug-likeness (QED) is 0.863. The van der Waals surface area contributed by atoms with Gasteiger partial charge in [-0.3, -0.25) is 9.69 Å². The number of hydrogen-bond acceptors (Lipinski definition) is 4. The zero-order chi connectivity index (χ0) is 18.9. The van der Waals surface area contributed by atoms with Gasteiger partial charge in [0.1, 0.15) is 0 Å². The van der Waals surface area contributed by atoms with Crippen LogP contribution in [-0.2, 0) is 21.4 Å². The minimum Gasteiger partial charge on any atom is -0.349 e. The number of hydrogen-bond donors (Lipinski definition) is 1. The standard InChI is InChI=1S/C18H24N4O3S/c1-14-17-5-4-10-21(17)11-12-22(14)13-18(23)19-15-6-8-16(9-7-15)26(24,25)20(2)3/h4-10,14H,11-13H2,1-3H3,(H,19,23). The lowest BCUT2D eigenvalue weighted by molar-refractivity contribution is -0.118. The Balaban J connectivity index is 1.62. The highest BCUT2D eigenvalue weighted by Crippen LogP contribution is 2.25. The lowest BCUT2D eigenvalue weighted by Gasteiger charge is -2.34. The molecule has 0 saturated carbocycles. The van der Waals surface area contributed by atoms with Gasteiger partial charge in [0.25, 0.3) is 0 Å². The third-order valence-electron chi connectivity index (χ3n) is 4.73. The van der Waals surface area contributed by atoms with Crippen molar-refractivity contribution in [3.63, 3.8) is 0 Å². The summed E-state index contributed by atoms with van der Waals surface area (Å²) in [4.78, 5) is 14.7. The minimum atomic E-state index is -3.46. The largest absolute Gasteiger partial charge is 0.349 e. The molecule has 2 aromatic rings. The maximum Gasteiger partial charge on any atom is 0.242 e. The fourth-order valence-corrected chi connectivity index (χ4v) is 4.05. The third-order valence-corrected chi connectivity index (χ3v) is 6.56. The van der Waals surface area contributed by atoms with Crippen molar-refractivity contribution in [2.45, 2.75) is 24.4 Å². The van der Waals surface area contributed by atoms with Gasteiger partial charge in [-0.25, -0.2) is 12.7 Å². The molecule has 2 heterocycles. The Morgan fingerprint density at radius 3 is 2.54 bits per heavy atom. The van der Waals surface area contributed by atoms with Crippen molar-refractivity contribution in [3.05, 3.63) is 48.3 Å². The van der Waals surface area contributed by atoms with E-state index in [1.165, 1.54) is 31.9 Å². The molecule has 3 rings (SSSR count). The third kappa shape index (κ3) is 3.67. The molecule has 26 heavy (non-hydrogen) atoms. The molecule has 7 nitrogen and oxygen atoms in total. The van der Waals surface area contributed by atoms with Crippen molar-refractivity contribution >= 4 is 21.6 Å². The molecule has 140 valence electrons. The van der Waals surface area contributed by atoms with E-state index in [1.807, 2.05) is 6.07 Å². The van der Waals surface area contributed by atoms with Crippen molar-refractivity contribution in [2.75, 3.05) is 32.5 Å². The van der Waals surface area contributed by atoms with Crippen LogP contribution < -0.4 is 5.32 Å². The molecule has 1 amide bonds. The first kappa shape index (κ1) is 18.6. The monoisotopic (exact) mass is 376 g/mol. The number of fused-ring (bicyclic) bond motifs is 1. The molecule has 0 bridgehead atoms. The summed E-state index contributed by atoms with van der Waals surface area (Å²) in [7, 11) is -0.490. The van der Waals surface area contributed by atoms with Gasteiger partial charge in [-0.05, 0) is 43.3 Å². The Hall–Kier alpha value is -2.16. The van der Waals surface area contributed by atoms with Gasteiger partial charge in [0.2, 0.25) is 15.9 Å². The van der Waals surface area contributed by atoms with Gasteiger partial charge in [-0.2, -0.15) is 0 Å². The highest BCUT2D eigenvalue weighted by molar-refractivity contribution is 7.89. The van der Waals surface area contributed by atoms with Crippen LogP contribution in [0.4, 0.5) is 5.69 Å². The van der Waals surface area contributed by atoms with Crippen LogP contribution in [0.3, 0.4) is 0 Å². The fourth-order valence-electron chi connectivity index (χ4n) is 3.15. The van der Waals surface area contributed by atoms with E-state index in [4.69, 9.17) is 0 Å². The maximum atomic E-state index is 12.4. The molecule has 1 aliphatic heterocycles. The highest BCUT2D eigenvalue weighted by atomic mass is 32.2. The Labute approximate surface area is 154 Å². The predicted octanol–water partition coefficient (Wildman–Crippen LogP) is 1.75. The summed E-state index contributed by atoms with van der Waals surface area (Å²) in [5, 5.41) is 2.84. The number of carbonyl (C=O) groups excluding carboxylic acids is 1. The van der Waals surface area contributed by atoms with Gasteiger partial charge in [0.05, 0.1) is 11.4 Å². The van der Waals surface area contributed by atoms with E-state index < -0.39 is 10.0 Å². The van der Waals surface area contributed by atoms with Crippen LogP contribution in [0.5, 0.6) is 0 Å². The summed E-state index contributed by atoms with van der Waals surface area (Å²) in [5.74, 6) is -0.111. The molecule has 1 aromatic heterocycles. The highest BCUT2D eigenvalue weighted by Gasteiger charge is 2.25. The molecule has 1 aliphatic rings. The molecule has 0 aliphatic carbocycles. The second kappa shape index (κ2) is 7.22. The molecule has 0 radical (unpaired) electrons. The van der Waals surface area contributed by atoms with Crippen molar-refractivity contribution in [1.82, 2.24) is 13.8 Å².